The molecule has 4 unspecified atom stereocenters. The van der Waals surface area contributed by atoms with Crippen LogP contribution in [-0.4, -0.2) is 21.9 Å². The second-order valence-corrected chi connectivity index (χ2v) is 7.01. The molecular weight excluding hydrogens is 212 g/mol. The topological polar surface area (TPSA) is 40.5 Å². The summed E-state index contributed by atoms with van der Waals surface area (Å²) >= 11 is 0. The maximum absolute atomic E-state index is 10.8. The molecule has 0 aromatic heterocycles. The average molecular weight is 238 g/mol. The van der Waals surface area contributed by atoms with E-state index in [0.29, 0.717) is 12.3 Å². The van der Waals surface area contributed by atoms with Crippen LogP contribution in [0.15, 0.2) is 11.6 Å². The van der Waals surface area contributed by atoms with Crippen molar-refractivity contribution in [3.8, 4) is 0 Å². The lowest BCUT2D eigenvalue weighted by molar-refractivity contribution is -0.0286. The Hall–Kier alpha value is -0.340. The minimum Gasteiger partial charge on any atom is -0.390 e. The highest BCUT2D eigenvalue weighted by molar-refractivity contribution is 5.12. The molecule has 2 nitrogen and oxygen atoms in total. The van der Waals surface area contributed by atoms with Crippen LogP contribution in [0, 0.1) is 17.3 Å². The zero-order valence-electron chi connectivity index (χ0n) is 11.5. The fraction of sp³-hybridized carbons (Fsp3) is 0.867. The van der Waals surface area contributed by atoms with Crippen LogP contribution in [-0.2, 0) is 0 Å². The molecule has 0 aromatic rings. The minimum absolute atomic E-state index is 0.170. The largest absolute Gasteiger partial charge is 0.390 e. The van der Waals surface area contributed by atoms with Gasteiger partial charge in [-0.25, -0.2) is 0 Å². The van der Waals surface area contributed by atoms with E-state index in [1.54, 1.807) is 0 Å². The smallest absolute Gasteiger partial charge is 0.0751 e. The third-order valence-electron chi connectivity index (χ3n) is 5.21. The number of allylic oxidation sites excluding steroid dienone is 1. The van der Waals surface area contributed by atoms with Crippen LogP contribution in [0.1, 0.15) is 53.4 Å². The van der Waals surface area contributed by atoms with Crippen molar-refractivity contribution >= 4 is 0 Å². The van der Waals surface area contributed by atoms with Crippen LogP contribution in [0.3, 0.4) is 0 Å². The summed E-state index contributed by atoms with van der Waals surface area (Å²) in [4.78, 5) is 0. The maximum atomic E-state index is 10.8. The molecule has 4 atom stereocenters. The first-order valence-corrected chi connectivity index (χ1v) is 6.82. The fourth-order valence-corrected chi connectivity index (χ4v) is 3.69. The number of rotatable bonds is 0. The molecule has 0 radical (unpaired) electrons. The Balaban J connectivity index is 2.32. The zero-order chi connectivity index (χ0) is 12.8. The van der Waals surface area contributed by atoms with E-state index in [1.165, 1.54) is 0 Å². The molecule has 0 heterocycles. The van der Waals surface area contributed by atoms with E-state index in [-0.39, 0.29) is 17.4 Å². The van der Waals surface area contributed by atoms with E-state index < -0.39 is 5.60 Å². The van der Waals surface area contributed by atoms with E-state index in [4.69, 9.17) is 0 Å². The minimum atomic E-state index is -0.576. The van der Waals surface area contributed by atoms with Gasteiger partial charge in [0.25, 0.3) is 0 Å². The first-order valence-electron chi connectivity index (χ1n) is 6.82. The van der Waals surface area contributed by atoms with Gasteiger partial charge in [-0.1, -0.05) is 26.8 Å². The lowest BCUT2D eigenvalue weighted by Crippen LogP contribution is -2.36. The molecule has 2 heteroatoms. The Labute approximate surface area is 105 Å². The molecule has 2 N–H and O–H groups in total. The van der Waals surface area contributed by atoms with Gasteiger partial charge in [0.05, 0.1) is 11.7 Å². The van der Waals surface area contributed by atoms with Crippen molar-refractivity contribution in [2.75, 3.05) is 0 Å². The molecule has 0 saturated heterocycles. The molecule has 0 spiro atoms. The van der Waals surface area contributed by atoms with Crippen molar-refractivity contribution in [2.45, 2.75) is 65.1 Å². The van der Waals surface area contributed by atoms with Gasteiger partial charge >= 0.3 is 0 Å². The van der Waals surface area contributed by atoms with Crippen molar-refractivity contribution in [1.82, 2.24) is 0 Å². The van der Waals surface area contributed by atoms with Gasteiger partial charge in [-0.05, 0) is 55.4 Å². The van der Waals surface area contributed by atoms with Crippen LogP contribution >= 0.6 is 0 Å². The van der Waals surface area contributed by atoms with E-state index in [1.807, 2.05) is 6.92 Å². The Morgan fingerprint density at radius 3 is 2.65 bits per heavy atom. The molecule has 2 rings (SSSR count). The first-order chi connectivity index (χ1) is 7.74. The fourth-order valence-electron chi connectivity index (χ4n) is 3.69. The number of fused-ring (bicyclic) bond motifs is 2. The summed E-state index contributed by atoms with van der Waals surface area (Å²) in [5.74, 6) is 0.707. The predicted molar refractivity (Wildman–Crippen MR) is 69.6 cm³/mol. The third kappa shape index (κ3) is 2.30. The molecule has 0 amide bonds. The summed E-state index contributed by atoms with van der Waals surface area (Å²) < 4.78 is 0. The standard InChI is InChI=1S/C15H26O2/c1-10-5-6-12-8-15(17,9-14(12,3)4)11(2)7-13(10)16/h5,11-13,16-17H,6-9H2,1-4H3. The number of aliphatic hydroxyl groups excluding tert-OH is 1. The van der Waals surface area contributed by atoms with Crippen molar-refractivity contribution in [2.24, 2.45) is 17.3 Å². The third-order valence-corrected chi connectivity index (χ3v) is 5.21. The summed E-state index contributed by atoms with van der Waals surface area (Å²) in [6.45, 7) is 8.63. The predicted octanol–water partition coefficient (Wildman–Crippen LogP) is 2.89. The van der Waals surface area contributed by atoms with Crippen LogP contribution in [0.5, 0.6) is 0 Å². The molecule has 2 bridgehead atoms. The normalized spacial score (nSPS) is 45.8. The molecule has 2 aliphatic rings. The monoisotopic (exact) mass is 238 g/mol. The van der Waals surface area contributed by atoms with Crippen molar-refractivity contribution in [3.63, 3.8) is 0 Å². The molecular formula is C15H26O2. The van der Waals surface area contributed by atoms with Crippen LogP contribution in [0.4, 0.5) is 0 Å². The van der Waals surface area contributed by atoms with E-state index >= 15 is 0 Å². The SMILES string of the molecule is CC1=CCC2CC(O)(CC2(C)C)C(C)CC1O. The van der Waals surface area contributed by atoms with Gasteiger partial charge in [0.2, 0.25) is 0 Å². The zero-order valence-corrected chi connectivity index (χ0v) is 11.5. The highest BCUT2D eigenvalue weighted by atomic mass is 16.3. The van der Waals surface area contributed by atoms with Crippen molar-refractivity contribution < 1.29 is 10.2 Å². The molecule has 98 valence electrons. The molecule has 1 saturated carbocycles. The van der Waals surface area contributed by atoms with Gasteiger partial charge in [0, 0.05) is 0 Å². The highest BCUT2D eigenvalue weighted by Crippen LogP contribution is 2.53. The van der Waals surface area contributed by atoms with Gasteiger partial charge < -0.3 is 10.2 Å². The number of aliphatic hydroxyl groups is 2. The van der Waals surface area contributed by atoms with Crippen LogP contribution in [0.2, 0.25) is 0 Å². The van der Waals surface area contributed by atoms with Crippen LogP contribution < -0.4 is 0 Å². The summed E-state index contributed by atoms with van der Waals surface area (Å²) in [5.41, 5.74) is 0.708. The lowest BCUT2D eigenvalue weighted by Gasteiger charge is -2.33. The van der Waals surface area contributed by atoms with Gasteiger partial charge in [0.15, 0.2) is 0 Å². The summed E-state index contributed by atoms with van der Waals surface area (Å²) in [5, 5.41) is 20.9. The van der Waals surface area contributed by atoms with Gasteiger partial charge in [-0.3, -0.25) is 0 Å². The maximum Gasteiger partial charge on any atom is 0.0751 e. The van der Waals surface area contributed by atoms with Gasteiger partial charge in [-0.15, -0.1) is 0 Å². The second kappa shape index (κ2) is 4.10. The van der Waals surface area contributed by atoms with Crippen molar-refractivity contribution in [3.05, 3.63) is 11.6 Å². The van der Waals surface area contributed by atoms with E-state index in [0.717, 1.165) is 24.8 Å². The van der Waals surface area contributed by atoms with Gasteiger partial charge in [-0.2, -0.15) is 0 Å². The quantitative estimate of drug-likeness (QED) is 0.637. The van der Waals surface area contributed by atoms with E-state index in [2.05, 4.69) is 26.8 Å². The lowest BCUT2D eigenvalue weighted by atomic mass is 9.77. The first kappa shape index (κ1) is 13.1. The van der Waals surface area contributed by atoms with Crippen LogP contribution in [0.25, 0.3) is 0 Å². The number of hydrogen-bond acceptors (Lipinski definition) is 2. The Morgan fingerprint density at radius 1 is 1.35 bits per heavy atom. The highest BCUT2D eigenvalue weighted by Gasteiger charge is 2.51. The second-order valence-electron chi connectivity index (χ2n) is 7.01. The van der Waals surface area contributed by atoms with Crippen molar-refractivity contribution in [1.29, 1.82) is 0 Å². The average Bonchev–Trinajstić information content (AvgIpc) is 2.46. The Kier molecular flexibility index (Phi) is 3.16. The molecule has 0 aromatic carbocycles. The summed E-state index contributed by atoms with van der Waals surface area (Å²) in [6, 6.07) is 0. The number of hydrogen-bond donors (Lipinski definition) is 2. The summed E-state index contributed by atoms with van der Waals surface area (Å²) in [6.07, 6.45) is 5.23. The molecule has 17 heavy (non-hydrogen) atoms. The summed E-state index contributed by atoms with van der Waals surface area (Å²) in [7, 11) is 0. The molecule has 1 fully saturated rings. The Bertz CT molecular complexity index is 332. The molecule has 2 aliphatic carbocycles. The van der Waals surface area contributed by atoms with E-state index in [9.17, 15) is 10.2 Å². The molecule has 0 aliphatic heterocycles. The Morgan fingerprint density at radius 2 is 2.00 bits per heavy atom. The van der Waals surface area contributed by atoms with Gasteiger partial charge in [0.1, 0.15) is 0 Å².